The van der Waals surface area contributed by atoms with E-state index in [0.29, 0.717) is 0 Å². The fourth-order valence-corrected chi connectivity index (χ4v) is 1.01. The normalized spacial score (nSPS) is 15.5. The molecular weight excluding hydrogens is 237 g/mol. The molecule has 0 bridgehead atoms. The third kappa shape index (κ3) is 2.81. The van der Waals surface area contributed by atoms with Crippen LogP contribution in [0.4, 0.5) is 0 Å². The van der Waals surface area contributed by atoms with Crippen molar-refractivity contribution >= 4 is 0 Å². The molecule has 3 heteroatoms. The standard InChI is InChI=1S/C10H11N2.Y/c1-5-10-6-8(2)7-12(11-4)9(10)3;/h1,6,11H,3H2,2,4H3;/q-1;. The van der Waals surface area contributed by atoms with Gasteiger partial charge in [-0.05, 0) is 5.70 Å². The number of nitrogens with one attached hydrogen (secondary N) is 1. The number of hydrogen-bond donors (Lipinski definition) is 1. The Kier molecular flexibility index (Phi) is 5.24. The summed E-state index contributed by atoms with van der Waals surface area (Å²) in [5, 5.41) is 1.69. The smallest absolute Gasteiger partial charge is 0.00178 e. The van der Waals surface area contributed by atoms with Crippen LogP contribution in [-0.4, -0.2) is 12.1 Å². The second kappa shape index (κ2) is 5.39. The molecule has 1 radical (unpaired) electrons. The number of hydrogen-bond acceptors (Lipinski definition) is 2. The number of hydrazine groups is 1. The van der Waals surface area contributed by atoms with E-state index >= 15 is 0 Å². The summed E-state index contributed by atoms with van der Waals surface area (Å²) in [6.07, 6.45) is 10.2. The van der Waals surface area contributed by atoms with Crippen LogP contribution in [0, 0.1) is 18.5 Å². The fraction of sp³-hybridized carbons (Fsp3) is 0.200. The first-order chi connectivity index (χ1) is 5.69. The summed E-state index contributed by atoms with van der Waals surface area (Å²) in [4.78, 5) is 0. The molecule has 13 heavy (non-hydrogen) atoms. The van der Waals surface area contributed by atoms with E-state index in [1.807, 2.05) is 13.0 Å². The first-order valence-electron chi connectivity index (χ1n) is 3.64. The van der Waals surface area contributed by atoms with Crippen molar-refractivity contribution in [3.63, 3.8) is 0 Å². The Morgan fingerprint density at radius 1 is 1.69 bits per heavy atom. The molecule has 1 aliphatic heterocycles. The summed E-state index contributed by atoms with van der Waals surface area (Å²) in [5.74, 6) is 2.57. The average Bonchev–Trinajstić information content (AvgIpc) is 2.08. The van der Waals surface area contributed by atoms with E-state index in [1.165, 1.54) is 0 Å². The minimum atomic E-state index is 0. The first kappa shape index (κ1) is 12.6. The van der Waals surface area contributed by atoms with Crippen molar-refractivity contribution in [2.24, 2.45) is 0 Å². The third-order valence-corrected chi connectivity index (χ3v) is 1.61. The molecule has 1 N–H and O–H groups in total. The molecule has 2 nitrogen and oxygen atoms in total. The van der Waals surface area contributed by atoms with Gasteiger partial charge in [-0.2, -0.15) is 0 Å². The number of terminal acetylenes is 1. The minimum absolute atomic E-state index is 0. The van der Waals surface area contributed by atoms with Crippen LogP contribution < -0.4 is 5.43 Å². The zero-order chi connectivity index (χ0) is 9.14. The van der Waals surface area contributed by atoms with Crippen molar-refractivity contribution in [2.45, 2.75) is 6.92 Å². The molecule has 0 amide bonds. The maximum atomic E-state index is 5.30. The van der Waals surface area contributed by atoms with Gasteiger partial charge in [-0.25, -0.2) is 0 Å². The van der Waals surface area contributed by atoms with Crippen molar-refractivity contribution < 1.29 is 32.7 Å². The van der Waals surface area contributed by atoms with Gasteiger partial charge < -0.3 is 5.01 Å². The summed E-state index contributed by atoms with van der Waals surface area (Å²) >= 11 is 0. The largest absolute Gasteiger partial charge is 0.391 e. The van der Waals surface area contributed by atoms with Crippen LogP contribution >= 0.6 is 0 Å². The molecule has 0 spiro atoms. The SMILES string of the molecule is C#CC1=CC(C)=[C-]N(NC)C1=C.[Y]. The Bertz CT molecular complexity index is 307. The zero-order valence-corrected chi connectivity index (χ0v) is 10.7. The predicted molar refractivity (Wildman–Crippen MR) is 49.4 cm³/mol. The van der Waals surface area contributed by atoms with Crippen molar-refractivity contribution in [1.82, 2.24) is 10.4 Å². The Morgan fingerprint density at radius 3 is 2.77 bits per heavy atom. The molecule has 1 rings (SSSR count). The van der Waals surface area contributed by atoms with Crippen LogP contribution in [0.3, 0.4) is 0 Å². The molecule has 0 aromatic carbocycles. The Morgan fingerprint density at radius 2 is 2.31 bits per heavy atom. The van der Waals surface area contributed by atoms with E-state index in [2.05, 4.69) is 24.1 Å². The molecule has 1 heterocycles. The van der Waals surface area contributed by atoms with Crippen molar-refractivity contribution in [3.05, 3.63) is 35.7 Å². The molecule has 65 valence electrons. The van der Waals surface area contributed by atoms with Crippen LogP contribution in [0.25, 0.3) is 0 Å². The minimum Gasteiger partial charge on any atom is -0.391 e. The molecule has 0 saturated carbocycles. The summed E-state index contributed by atoms with van der Waals surface area (Å²) in [6, 6.07) is 0. The summed E-state index contributed by atoms with van der Waals surface area (Å²) in [5.41, 5.74) is 5.45. The van der Waals surface area contributed by atoms with Crippen molar-refractivity contribution in [3.8, 4) is 12.3 Å². The van der Waals surface area contributed by atoms with Gasteiger partial charge in [0.25, 0.3) is 0 Å². The van der Waals surface area contributed by atoms with Gasteiger partial charge in [-0.1, -0.05) is 24.6 Å². The second-order valence-electron chi connectivity index (χ2n) is 2.50. The number of rotatable bonds is 1. The molecule has 0 unspecified atom stereocenters. The zero-order valence-electron chi connectivity index (χ0n) is 7.89. The van der Waals surface area contributed by atoms with Crippen LogP contribution in [0.2, 0.25) is 0 Å². The van der Waals surface area contributed by atoms with Gasteiger partial charge >= 0.3 is 0 Å². The summed E-state index contributed by atoms with van der Waals surface area (Å²) < 4.78 is 0. The van der Waals surface area contributed by atoms with E-state index in [1.54, 1.807) is 12.1 Å². The van der Waals surface area contributed by atoms with Crippen molar-refractivity contribution in [1.29, 1.82) is 0 Å². The van der Waals surface area contributed by atoms with Gasteiger partial charge in [0.2, 0.25) is 0 Å². The molecular formula is C10H11N2Y-. The maximum absolute atomic E-state index is 5.30. The number of allylic oxidation sites excluding steroid dienone is 3. The molecule has 1 aliphatic rings. The van der Waals surface area contributed by atoms with E-state index in [0.717, 1.165) is 16.8 Å². The average molecular weight is 248 g/mol. The quantitative estimate of drug-likeness (QED) is 0.554. The van der Waals surface area contributed by atoms with E-state index in [4.69, 9.17) is 6.42 Å². The van der Waals surface area contributed by atoms with Gasteiger partial charge in [0, 0.05) is 39.8 Å². The monoisotopic (exact) mass is 248 g/mol. The topological polar surface area (TPSA) is 15.3 Å². The van der Waals surface area contributed by atoms with Crippen LogP contribution in [-0.2, 0) is 32.7 Å². The van der Waals surface area contributed by atoms with Crippen LogP contribution in [0.1, 0.15) is 6.92 Å². The van der Waals surface area contributed by atoms with E-state index in [-0.39, 0.29) is 32.7 Å². The fourth-order valence-electron chi connectivity index (χ4n) is 1.01. The first-order valence-corrected chi connectivity index (χ1v) is 3.64. The molecule has 0 fully saturated rings. The van der Waals surface area contributed by atoms with Crippen molar-refractivity contribution in [2.75, 3.05) is 7.05 Å². The van der Waals surface area contributed by atoms with Crippen LogP contribution in [0.15, 0.2) is 29.5 Å². The molecule has 0 aliphatic carbocycles. The van der Waals surface area contributed by atoms with E-state index < -0.39 is 0 Å². The summed E-state index contributed by atoms with van der Waals surface area (Å²) in [7, 11) is 1.80. The van der Waals surface area contributed by atoms with Gasteiger partial charge in [-0.15, -0.1) is 24.7 Å². The Labute approximate surface area is 105 Å². The van der Waals surface area contributed by atoms with Gasteiger partial charge in [0.15, 0.2) is 0 Å². The van der Waals surface area contributed by atoms with E-state index in [9.17, 15) is 0 Å². The molecule has 0 aromatic heterocycles. The maximum Gasteiger partial charge on any atom is 0.00178 e. The molecule has 0 aromatic rings. The summed E-state index contributed by atoms with van der Waals surface area (Å²) in [6.45, 7) is 5.77. The third-order valence-electron chi connectivity index (χ3n) is 1.61. The molecule has 0 atom stereocenters. The predicted octanol–water partition coefficient (Wildman–Crippen LogP) is 1.21. The molecule has 0 saturated heterocycles. The second-order valence-corrected chi connectivity index (χ2v) is 2.50. The van der Waals surface area contributed by atoms with Gasteiger partial charge in [-0.3, -0.25) is 5.43 Å². The number of nitrogens with zero attached hydrogens (tertiary/aromatic N) is 1. The Hall–Kier alpha value is -0.356. The van der Waals surface area contributed by atoms with Crippen LogP contribution in [0.5, 0.6) is 0 Å². The van der Waals surface area contributed by atoms with Gasteiger partial charge in [0.05, 0.1) is 0 Å². The van der Waals surface area contributed by atoms with Gasteiger partial charge in [0.1, 0.15) is 0 Å². The Balaban J connectivity index is 0.00000144.